The maximum Gasteiger partial charge on any atom is 0.415 e. The fourth-order valence-corrected chi connectivity index (χ4v) is 3.96. The summed E-state index contributed by atoms with van der Waals surface area (Å²) in [6.07, 6.45) is 2.72. The number of piperidine rings is 1. The SMILES string of the molecule is COc1ccc(OC)c(-c2c(C)c3ccc(OC(=O)N4CCCCC4)cc3oc2=O)c1. The molecule has 7 heteroatoms. The third-order valence-electron chi connectivity index (χ3n) is 5.63. The number of hydrogen-bond donors (Lipinski definition) is 0. The number of nitrogens with zero attached hydrogens (tertiary/aromatic N) is 1. The van der Waals surface area contributed by atoms with Gasteiger partial charge in [0, 0.05) is 30.1 Å². The monoisotopic (exact) mass is 423 g/mol. The summed E-state index contributed by atoms with van der Waals surface area (Å²) in [5.74, 6) is 1.50. The lowest BCUT2D eigenvalue weighted by Gasteiger charge is -2.25. The maximum absolute atomic E-state index is 12.9. The molecule has 1 saturated heterocycles. The zero-order valence-corrected chi connectivity index (χ0v) is 17.9. The number of aryl methyl sites for hydroxylation is 1. The van der Waals surface area contributed by atoms with Crippen molar-refractivity contribution in [3.63, 3.8) is 0 Å². The van der Waals surface area contributed by atoms with Gasteiger partial charge in [-0.25, -0.2) is 9.59 Å². The van der Waals surface area contributed by atoms with Gasteiger partial charge >= 0.3 is 11.7 Å². The van der Waals surface area contributed by atoms with E-state index in [1.165, 1.54) is 0 Å². The smallest absolute Gasteiger partial charge is 0.415 e. The molecule has 1 aromatic heterocycles. The van der Waals surface area contributed by atoms with Gasteiger partial charge < -0.3 is 23.5 Å². The molecule has 1 aliphatic rings. The first-order valence-corrected chi connectivity index (χ1v) is 10.3. The molecule has 0 bridgehead atoms. The molecule has 0 N–H and O–H groups in total. The number of carbonyl (C=O) groups excluding carboxylic acids is 1. The van der Waals surface area contributed by atoms with E-state index in [1.54, 1.807) is 55.5 Å². The predicted octanol–water partition coefficient (Wildman–Crippen LogP) is 4.77. The minimum Gasteiger partial charge on any atom is -0.497 e. The van der Waals surface area contributed by atoms with Gasteiger partial charge in [-0.05, 0) is 62.1 Å². The Hall–Kier alpha value is -3.48. The van der Waals surface area contributed by atoms with E-state index in [4.69, 9.17) is 18.6 Å². The van der Waals surface area contributed by atoms with Crippen molar-refractivity contribution in [3.05, 3.63) is 52.4 Å². The second-order valence-corrected chi connectivity index (χ2v) is 7.53. The summed E-state index contributed by atoms with van der Waals surface area (Å²) < 4.78 is 21.9. The molecule has 0 saturated carbocycles. The topological polar surface area (TPSA) is 78.2 Å². The molecule has 3 aromatic rings. The van der Waals surface area contributed by atoms with Gasteiger partial charge in [-0.1, -0.05) is 0 Å². The summed E-state index contributed by atoms with van der Waals surface area (Å²) >= 11 is 0. The molecule has 0 atom stereocenters. The molecule has 0 aliphatic carbocycles. The maximum atomic E-state index is 12.9. The molecule has 0 unspecified atom stereocenters. The lowest BCUT2D eigenvalue weighted by molar-refractivity contribution is 0.142. The number of fused-ring (bicyclic) bond motifs is 1. The van der Waals surface area contributed by atoms with Crippen LogP contribution in [0.15, 0.2) is 45.6 Å². The molecular weight excluding hydrogens is 398 g/mol. The highest BCUT2D eigenvalue weighted by Crippen LogP contribution is 2.36. The fourth-order valence-electron chi connectivity index (χ4n) is 3.96. The van der Waals surface area contributed by atoms with Crippen molar-refractivity contribution in [2.24, 2.45) is 0 Å². The number of ether oxygens (including phenoxy) is 3. The van der Waals surface area contributed by atoms with Crippen LogP contribution in [0.3, 0.4) is 0 Å². The molecule has 1 amide bonds. The quantitative estimate of drug-likeness (QED) is 0.563. The number of hydrogen-bond acceptors (Lipinski definition) is 6. The number of likely N-dealkylation sites (tertiary alicyclic amines) is 1. The zero-order valence-electron chi connectivity index (χ0n) is 17.9. The number of amides is 1. The van der Waals surface area contributed by atoms with Crippen molar-refractivity contribution in [3.8, 4) is 28.4 Å². The van der Waals surface area contributed by atoms with E-state index in [2.05, 4.69) is 0 Å². The zero-order chi connectivity index (χ0) is 22.0. The van der Waals surface area contributed by atoms with E-state index < -0.39 is 5.63 Å². The normalized spacial score (nSPS) is 13.8. The minimum absolute atomic E-state index is 0.345. The molecule has 1 aliphatic heterocycles. The number of benzene rings is 2. The van der Waals surface area contributed by atoms with Crippen molar-refractivity contribution in [1.29, 1.82) is 0 Å². The molecule has 162 valence electrons. The van der Waals surface area contributed by atoms with Crippen LogP contribution < -0.4 is 19.8 Å². The van der Waals surface area contributed by atoms with E-state index in [1.807, 2.05) is 6.92 Å². The average Bonchev–Trinajstić information content (AvgIpc) is 2.79. The standard InChI is InChI=1S/C24H25NO6/c1-15-18-9-7-17(30-24(27)25-11-5-4-6-12-25)14-21(18)31-23(26)22(15)19-13-16(28-2)8-10-20(19)29-3/h7-10,13-14H,4-6,11-12H2,1-3H3. The molecule has 1 fully saturated rings. The van der Waals surface area contributed by atoms with Gasteiger partial charge in [0.1, 0.15) is 22.8 Å². The van der Waals surface area contributed by atoms with Gasteiger partial charge in [0.2, 0.25) is 0 Å². The first-order valence-electron chi connectivity index (χ1n) is 10.3. The predicted molar refractivity (Wildman–Crippen MR) is 117 cm³/mol. The molecule has 0 radical (unpaired) electrons. The molecule has 2 aromatic carbocycles. The van der Waals surface area contributed by atoms with E-state index in [9.17, 15) is 9.59 Å². The van der Waals surface area contributed by atoms with E-state index in [-0.39, 0.29) is 6.09 Å². The van der Waals surface area contributed by atoms with Crippen molar-refractivity contribution < 1.29 is 23.4 Å². The van der Waals surface area contributed by atoms with E-state index in [0.717, 1.165) is 30.2 Å². The van der Waals surface area contributed by atoms with Crippen molar-refractivity contribution >= 4 is 17.1 Å². The molecule has 7 nitrogen and oxygen atoms in total. The first-order chi connectivity index (χ1) is 15.0. The van der Waals surface area contributed by atoms with Crippen molar-refractivity contribution in [2.45, 2.75) is 26.2 Å². The summed E-state index contributed by atoms with van der Waals surface area (Å²) in [7, 11) is 3.11. The van der Waals surface area contributed by atoms with Crippen LogP contribution in [0, 0.1) is 6.92 Å². The van der Waals surface area contributed by atoms with Gasteiger partial charge in [0.15, 0.2) is 0 Å². The third kappa shape index (κ3) is 4.08. The molecule has 4 rings (SSSR count). The van der Waals surface area contributed by atoms with Gasteiger partial charge in [-0.2, -0.15) is 0 Å². The molecule has 2 heterocycles. The Kier molecular flexibility index (Phi) is 5.84. The number of rotatable bonds is 4. The third-order valence-corrected chi connectivity index (χ3v) is 5.63. The lowest BCUT2D eigenvalue weighted by Crippen LogP contribution is -2.37. The van der Waals surface area contributed by atoms with Crippen LogP contribution in [0.1, 0.15) is 24.8 Å². The van der Waals surface area contributed by atoms with Gasteiger partial charge in [-0.15, -0.1) is 0 Å². The second-order valence-electron chi connectivity index (χ2n) is 7.53. The summed E-state index contributed by atoms with van der Waals surface area (Å²) in [6, 6.07) is 10.4. The first kappa shape index (κ1) is 20.8. The van der Waals surface area contributed by atoms with Crippen LogP contribution in [-0.2, 0) is 0 Å². The summed E-state index contributed by atoms with van der Waals surface area (Å²) in [5.41, 5.74) is 1.59. The van der Waals surface area contributed by atoms with Crippen LogP contribution in [0.4, 0.5) is 4.79 Å². The largest absolute Gasteiger partial charge is 0.497 e. The van der Waals surface area contributed by atoms with Gasteiger partial charge in [0.25, 0.3) is 0 Å². The Morgan fingerprint density at radius 2 is 1.71 bits per heavy atom. The van der Waals surface area contributed by atoms with E-state index >= 15 is 0 Å². The average molecular weight is 423 g/mol. The number of carbonyl (C=O) groups is 1. The van der Waals surface area contributed by atoms with Crippen LogP contribution in [0.25, 0.3) is 22.1 Å². The van der Waals surface area contributed by atoms with E-state index in [0.29, 0.717) is 47.0 Å². The number of methoxy groups -OCH3 is 2. The van der Waals surface area contributed by atoms with Crippen molar-refractivity contribution in [1.82, 2.24) is 4.90 Å². The Morgan fingerprint density at radius 3 is 2.42 bits per heavy atom. The highest BCUT2D eigenvalue weighted by atomic mass is 16.6. The fraction of sp³-hybridized carbons (Fsp3) is 0.333. The Balaban J connectivity index is 1.72. The van der Waals surface area contributed by atoms with Crippen LogP contribution >= 0.6 is 0 Å². The lowest BCUT2D eigenvalue weighted by atomic mass is 9.98. The Morgan fingerprint density at radius 1 is 0.968 bits per heavy atom. The minimum atomic E-state index is -0.504. The van der Waals surface area contributed by atoms with Crippen LogP contribution in [0.2, 0.25) is 0 Å². The summed E-state index contributed by atoms with van der Waals surface area (Å²) in [5, 5.41) is 0.747. The van der Waals surface area contributed by atoms with Gasteiger partial charge in [0.05, 0.1) is 19.8 Å². The molecule has 0 spiro atoms. The second kappa shape index (κ2) is 8.71. The highest BCUT2D eigenvalue weighted by Gasteiger charge is 2.21. The Labute approximate surface area is 180 Å². The Bertz CT molecular complexity index is 1180. The van der Waals surface area contributed by atoms with Crippen LogP contribution in [0.5, 0.6) is 17.2 Å². The molecule has 31 heavy (non-hydrogen) atoms. The van der Waals surface area contributed by atoms with Crippen molar-refractivity contribution in [2.75, 3.05) is 27.3 Å². The highest BCUT2D eigenvalue weighted by molar-refractivity contribution is 5.89. The van der Waals surface area contributed by atoms with Gasteiger partial charge in [-0.3, -0.25) is 0 Å². The summed E-state index contributed by atoms with van der Waals surface area (Å²) in [6.45, 7) is 3.26. The molecular formula is C24H25NO6. The summed E-state index contributed by atoms with van der Waals surface area (Å²) in [4.78, 5) is 27.0. The van der Waals surface area contributed by atoms with Crippen LogP contribution in [-0.4, -0.2) is 38.3 Å².